The molecule has 150 valence electrons. The second kappa shape index (κ2) is 8.03. The Bertz CT molecular complexity index is 968. The summed E-state index contributed by atoms with van der Waals surface area (Å²) in [4.78, 5) is 35.0. The highest BCUT2D eigenvalue weighted by Crippen LogP contribution is 2.35. The van der Waals surface area contributed by atoms with Crippen molar-refractivity contribution in [2.45, 2.75) is 76.2 Å². The molecule has 7 heteroatoms. The number of hydrogen-bond acceptors (Lipinski definition) is 5. The molecule has 1 amide bonds. The molecule has 1 saturated heterocycles. The van der Waals surface area contributed by atoms with Gasteiger partial charge in [0.15, 0.2) is 5.16 Å². The molecule has 5 nitrogen and oxygen atoms in total. The predicted octanol–water partition coefficient (Wildman–Crippen LogP) is 4.01. The summed E-state index contributed by atoms with van der Waals surface area (Å²) in [6, 6.07) is 0.561. The van der Waals surface area contributed by atoms with E-state index in [1.54, 1.807) is 22.0 Å². The fourth-order valence-electron chi connectivity index (χ4n) is 4.57. The lowest BCUT2D eigenvalue weighted by Crippen LogP contribution is -2.48. The Hall–Kier alpha value is -1.60. The van der Waals surface area contributed by atoms with Crippen LogP contribution in [0.4, 0.5) is 0 Å². The van der Waals surface area contributed by atoms with Gasteiger partial charge in [0.05, 0.1) is 11.1 Å². The van der Waals surface area contributed by atoms with Crippen LogP contribution in [-0.4, -0.2) is 38.2 Å². The van der Waals surface area contributed by atoms with Gasteiger partial charge in [-0.3, -0.25) is 14.2 Å². The van der Waals surface area contributed by atoms with Gasteiger partial charge in [-0.15, -0.1) is 17.9 Å². The molecular formula is C21H27N3O2S2. The number of aryl methyl sites for hydroxylation is 2. The highest BCUT2D eigenvalue weighted by molar-refractivity contribution is 7.99. The number of piperidine rings is 1. The zero-order valence-corrected chi connectivity index (χ0v) is 18.2. The van der Waals surface area contributed by atoms with E-state index in [-0.39, 0.29) is 23.6 Å². The first-order valence-corrected chi connectivity index (χ1v) is 11.9. The second-order valence-corrected chi connectivity index (χ2v) is 9.88. The number of rotatable bonds is 5. The molecule has 0 N–H and O–H groups in total. The molecule has 28 heavy (non-hydrogen) atoms. The molecule has 0 aromatic carbocycles. The minimum atomic E-state index is 0.0129. The van der Waals surface area contributed by atoms with Gasteiger partial charge in [0.1, 0.15) is 4.83 Å². The Labute approximate surface area is 173 Å². The minimum Gasteiger partial charge on any atom is -0.337 e. The van der Waals surface area contributed by atoms with Gasteiger partial charge in [-0.2, -0.15) is 0 Å². The van der Waals surface area contributed by atoms with E-state index in [0.29, 0.717) is 17.5 Å². The Morgan fingerprint density at radius 1 is 1.29 bits per heavy atom. The second-order valence-electron chi connectivity index (χ2n) is 7.85. The Balaban J connectivity index is 1.63. The number of thioether (sulfide) groups is 1. The summed E-state index contributed by atoms with van der Waals surface area (Å²) in [5.41, 5.74) is 1.21. The van der Waals surface area contributed by atoms with Gasteiger partial charge in [-0.05, 0) is 57.9 Å². The topological polar surface area (TPSA) is 55.2 Å². The summed E-state index contributed by atoms with van der Waals surface area (Å²) in [6.45, 7) is 8.47. The number of carbonyl (C=O) groups is 1. The van der Waals surface area contributed by atoms with Gasteiger partial charge in [-0.25, -0.2) is 4.98 Å². The number of hydrogen-bond donors (Lipinski definition) is 0. The molecule has 2 aromatic heterocycles. The van der Waals surface area contributed by atoms with Crippen molar-refractivity contribution in [3.63, 3.8) is 0 Å². The zero-order valence-electron chi connectivity index (χ0n) is 16.6. The monoisotopic (exact) mass is 417 g/mol. The van der Waals surface area contributed by atoms with Crippen molar-refractivity contribution in [2.24, 2.45) is 0 Å². The number of amides is 1. The lowest BCUT2D eigenvalue weighted by atomic mass is 9.98. The SMILES string of the molecule is C=CCn1c(SCC(=O)N2[C@H](C)CCC[C@@H]2C)nc2sc3c(c2c1=O)CCC3. The minimum absolute atomic E-state index is 0.0129. The fourth-order valence-corrected chi connectivity index (χ4v) is 6.75. The van der Waals surface area contributed by atoms with Crippen molar-refractivity contribution in [1.82, 2.24) is 14.5 Å². The lowest BCUT2D eigenvalue weighted by Gasteiger charge is -2.39. The van der Waals surface area contributed by atoms with Crippen LogP contribution in [0.25, 0.3) is 10.2 Å². The third-order valence-corrected chi connectivity index (χ3v) is 8.05. The lowest BCUT2D eigenvalue weighted by molar-refractivity contribution is -0.134. The maximum Gasteiger partial charge on any atom is 0.263 e. The summed E-state index contributed by atoms with van der Waals surface area (Å²) in [6.07, 6.45) is 8.16. The van der Waals surface area contributed by atoms with Crippen LogP contribution in [0.3, 0.4) is 0 Å². The van der Waals surface area contributed by atoms with Crippen molar-refractivity contribution < 1.29 is 4.79 Å². The molecule has 2 atom stereocenters. The molecule has 3 heterocycles. The molecule has 0 unspecified atom stereocenters. The molecule has 1 aliphatic carbocycles. The molecular weight excluding hydrogens is 390 g/mol. The number of thiophene rings is 1. The van der Waals surface area contributed by atoms with Gasteiger partial charge in [-0.1, -0.05) is 17.8 Å². The van der Waals surface area contributed by atoms with Crippen molar-refractivity contribution in [3.05, 3.63) is 33.4 Å². The summed E-state index contributed by atoms with van der Waals surface area (Å²) < 4.78 is 1.68. The van der Waals surface area contributed by atoms with E-state index in [9.17, 15) is 9.59 Å². The fraction of sp³-hybridized carbons (Fsp3) is 0.571. The quantitative estimate of drug-likeness (QED) is 0.419. The van der Waals surface area contributed by atoms with Crippen LogP contribution in [0.5, 0.6) is 0 Å². The maximum absolute atomic E-state index is 13.2. The third kappa shape index (κ3) is 3.43. The zero-order chi connectivity index (χ0) is 19.8. The molecule has 2 aliphatic rings. The van der Waals surface area contributed by atoms with Crippen LogP contribution in [0.15, 0.2) is 22.6 Å². The first-order valence-electron chi connectivity index (χ1n) is 10.1. The van der Waals surface area contributed by atoms with Crippen LogP contribution in [0, 0.1) is 0 Å². The molecule has 0 saturated carbocycles. The number of fused-ring (bicyclic) bond motifs is 3. The molecule has 0 radical (unpaired) electrons. The van der Waals surface area contributed by atoms with Gasteiger partial charge < -0.3 is 4.90 Å². The Kier molecular flexibility index (Phi) is 5.65. The van der Waals surface area contributed by atoms with Crippen LogP contribution in [-0.2, 0) is 24.2 Å². The maximum atomic E-state index is 13.2. The third-order valence-electron chi connectivity index (χ3n) is 5.91. The van der Waals surface area contributed by atoms with E-state index in [1.165, 1.54) is 28.6 Å². The average Bonchev–Trinajstić information content (AvgIpc) is 3.23. The van der Waals surface area contributed by atoms with Crippen molar-refractivity contribution in [3.8, 4) is 0 Å². The first kappa shape index (κ1) is 19.7. The van der Waals surface area contributed by atoms with Crippen molar-refractivity contribution in [1.29, 1.82) is 0 Å². The van der Waals surface area contributed by atoms with Gasteiger partial charge >= 0.3 is 0 Å². The van der Waals surface area contributed by atoms with E-state index in [0.717, 1.165) is 42.3 Å². The standard InChI is InChI=1S/C21H27N3O2S2/c1-4-11-23-20(26)18-15-9-6-10-16(15)28-19(18)22-21(23)27-12-17(25)24-13(2)7-5-8-14(24)3/h4,13-14H,1,5-12H2,2-3H3/t13-,14+. The largest absolute Gasteiger partial charge is 0.337 e. The Morgan fingerprint density at radius 3 is 2.75 bits per heavy atom. The molecule has 1 fully saturated rings. The number of carbonyl (C=O) groups excluding carboxylic acids is 1. The summed E-state index contributed by atoms with van der Waals surface area (Å²) >= 11 is 3.03. The number of nitrogens with zero attached hydrogens (tertiary/aromatic N) is 3. The van der Waals surface area contributed by atoms with Crippen molar-refractivity contribution in [2.75, 3.05) is 5.75 Å². The van der Waals surface area contributed by atoms with E-state index in [2.05, 4.69) is 20.4 Å². The summed E-state index contributed by atoms with van der Waals surface area (Å²) in [5, 5.41) is 1.41. The van der Waals surface area contributed by atoms with E-state index < -0.39 is 0 Å². The molecule has 4 rings (SSSR count). The van der Waals surface area contributed by atoms with E-state index in [1.807, 2.05) is 4.90 Å². The van der Waals surface area contributed by atoms with Crippen LogP contribution in [0.1, 0.15) is 50.0 Å². The molecule has 2 aromatic rings. The smallest absolute Gasteiger partial charge is 0.263 e. The highest BCUT2D eigenvalue weighted by Gasteiger charge is 2.29. The van der Waals surface area contributed by atoms with Gasteiger partial charge in [0.2, 0.25) is 5.91 Å². The van der Waals surface area contributed by atoms with E-state index in [4.69, 9.17) is 4.98 Å². The predicted molar refractivity (Wildman–Crippen MR) is 116 cm³/mol. The molecule has 1 aliphatic heterocycles. The van der Waals surface area contributed by atoms with Gasteiger partial charge in [0.25, 0.3) is 5.56 Å². The normalized spacial score (nSPS) is 21.9. The summed E-state index contributed by atoms with van der Waals surface area (Å²) in [7, 11) is 0. The number of likely N-dealkylation sites (tertiary alicyclic amines) is 1. The van der Waals surface area contributed by atoms with Crippen LogP contribution < -0.4 is 5.56 Å². The average molecular weight is 418 g/mol. The Morgan fingerprint density at radius 2 is 2.04 bits per heavy atom. The first-order chi connectivity index (χ1) is 13.5. The summed E-state index contributed by atoms with van der Waals surface area (Å²) in [5.74, 6) is 0.451. The van der Waals surface area contributed by atoms with Crippen LogP contribution in [0.2, 0.25) is 0 Å². The van der Waals surface area contributed by atoms with Crippen LogP contribution >= 0.6 is 23.1 Å². The number of aromatic nitrogens is 2. The molecule has 0 bridgehead atoms. The van der Waals surface area contributed by atoms with Gasteiger partial charge in [0, 0.05) is 23.5 Å². The van der Waals surface area contributed by atoms with Crippen molar-refractivity contribution >= 4 is 39.2 Å². The highest BCUT2D eigenvalue weighted by atomic mass is 32.2. The van der Waals surface area contributed by atoms with E-state index >= 15 is 0 Å². The molecule has 0 spiro atoms. The number of allylic oxidation sites excluding steroid dienone is 1.